The van der Waals surface area contributed by atoms with E-state index in [0.29, 0.717) is 36.4 Å². The second-order valence-corrected chi connectivity index (χ2v) is 6.96. The number of allylic oxidation sites excluding steroid dienone is 1. The Morgan fingerprint density at radius 2 is 2.35 bits per heavy atom. The van der Waals surface area contributed by atoms with E-state index in [-0.39, 0.29) is 5.92 Å². The van der Waals surface area contributed by atoms with Crippen LogP contribution in [0.5, 0.6) is 0 Å². The fourth-order valence-corrected chi connectivity index (χ4v) is 4.00. The first-order valence-electron chi connectivity index (χ1n) is 8.12. The lowest BCUT2D eigenvalue weighted by Crippen LogP contribution is -2.33. The van der Waals surface area contributed by atoms with E-state index in [2.05, 4.69) is 25.3 Å². The molecule has 10 heteroatoms. The lowest BCUT2D eigenvalue weighted by molar-refractivity contribution is -0.109. The van der Waals surface area contributed by atoms with Crippen molar-refractivity contribution in [3.8, 4) is 0 Å². The number of hydrogen-bond donors (Lipinski definition) is 1. The van der Waals surface area contributed by atoms with E-state index >= 15 is 0 Å². The summed E-state index contributed by atoms with van der Waals surface area (Å²) < 4.78 is 26.4. The number of nitrogens with zero attached hydrogens (tertiary/aromatic N) is 5. The van der Waals surface area contributed by atoms with Crippen molar-refractivity contribution in [2.75, 3.05) is 19.6 Å². The summed E-state index contributed by atoms with van der Waals surface area (Å²) in [6, 6.07) is 1.59. The highest BCUT2D eigenvalue weighted by atomic mass is 32.1. The first-order valence-corrected chi connectivity index (χ1v) is 9.00. The number of amides is 1. The van der Waals surface area contributed by atoms with Crippen molar-refractivity contribution in [2.24, 2.45) is 10.9 Å². The van der Waals surface area contributed by atoms with Crippen LogP contribution in [0.25, 0.3) is 5.57 Å². The van der Waals surface area contributed by atoms with Crippen molar-refractivity contribution in [1.29, 1.82) is 0 Å². The zero-order valence-corrected chi connectivity index (χ0v) is 14.5. The topological polar surface area (TPSA) is 75.4 Å². The number of aromatic nitrogens is 3. The Balaban J connectivity index is 1.69. The SMILES string of the molecule is O=CNCC1CC2=C(c3ccn(C(F)F)n3)CN=C(c3nccs3)N2C1. The Hall–Kier alpha value is -2.62. The molecule has 1 unspecified atom stereocenters. The molecule has 0 radical (unpaired) electrons. The summed E-state index contributed by atoms with van der Waals surface area (Å²) in [7, 11) is 0. The van der Waals surface area contributed by atoms with Crippen LogP contribution in [0.15, 0.2) is 34.5 Å². The predicted molar refractivity (Wildman–Crippen MR) is 92.8 cm³/mol. The number of rotatable bonds is 6. The number of nitrogens with one attached hydrogen (secondary N) is 1. The van der Waals surface area contributed by atoms with E-state index in [1.54, 1.807) is 12.3 Å². The van der Waals surface area contributed by atoms with Gasteiger partial charge in [0.1, 0.15) is 0 Å². The Bertz CT molecular complexity index is 860. The van der Waals surface area contributed by atoms with Crippen molar-refractivity contribution in [2.45, 2.75) is 13.0 Å². The molecule has 7 nitrogen and oxygen atoms in total. The average Bonchev–Trinajstić information content (AvgIpc) is 3.38. The third-order valence-corrected chi connectivity index (χ3v) is 5.24. The largest absolute Gasteiger partial charge is 0.358 e. The Morgan fingerprint density at radius 3 is 3.04 bits per heavy atom. The number of aliphatic imine (C=N–C) groups is 1. The van der Waals surface area contributed by atoms with Gasteiger partial charge in [-0.25, -0.2) is 9.67 Å². The van der Waals surface area contributed by atoms with E-state index in [0.717, 1.165) is 28.5 Å². The number of thiazole rings is 1. The maximum Gasteiger partial charge on any atom is 0.333 e. The van der Waals surface area contributed by atoms with Gasteiger partial charge in [-0.3, -0.25) is 9.79 Å². The third kappa shape index (κ3) is 3.00. The highest BCUT2D eigenvalue weighted by molar-refractivity contribution is 7.11. The van der Waals surface area contributed by atoms with E-state index in [1.807, 2.05) is 5.38 Å². The molecular formula is C16H16F2N6OS. The van der Waals surface area contributed by atoms with E-state index in [9.17, 15) is 13.6 Å². The maximum atomic E-state index is 12.9. The molecule has 26 heavy (non-hydrogen) atoms. The van der Waals surface area contributed by atoms with Crippen LogP contribution in [0, 0.1) is 5.92 Å². The molecule has 0 spiro atoms. The molecule has 2 aromatic rings. The summed E-state index contributed by atoms with van der Waals surface area (Å²) in [4.78, 5) is 21.7. The molecule has 1 amide bonds. The smallest absolute Gasteiger partial charge is 0.333 e. The summed E-state index contributed by atoms with van der Waals surface area (Å²) in [5.74, 6) is 1.01. The Labute approximate surface area is 152 Å². The first kappa shape index (κ1) is 16.8. The summed E-state index contributed by atoms with van der Waals surface area (Å²) >= 11 is 1.51. The molecule has 136 valence electrons. The quantitative estimate of drug-likeness (QED) is 0.780. The van der Waals surface area contributed by atoms with Crippen LogP contribution in [0.3, 0.4) is 0 Å². The standard InChI is InChI=1S/C16H16F2N6OS/c17-16(18)24-3-1-12(22-24)11-7-21-14(15-20-2-4-26-15)23-8-10(5-13(11)23)6-19-9-25/h1-4,9-10,16H,5-8H2,(H,19,25). The number of carbonyl (C=O) groups excluding carboxylic acids is 1. The number of fused-ring (bicyclic) bond motifs is 1. The molecule has 1 atom stereocenters. The van der Waals surface area contributed by atoms with Crippen LogP contribution >= 0.6 is 11.3 Å². The number of alkyl halides is 2. The zero-order chi connectivity index (χ0) is 18.1. The second-order valence-electron chi connectivity index (χ2n) is 6.07. The monoisotopic (exact) mass is 378 g/mol. The van der Waals surface area contributed by atoms with Crippen LogP contribution in [0.4, 0.5) is 8.78 Å². The molecule has 0 saturated carbocycles. The summed E-state index contributed by atoms with van der Waals surface area (Å²) in [6.45, 7) is -1.06. The van der Waals surface area contributed by atoms with Gasteiger partial charge < -0.3 is 10.2 Å². The average molecular weight is 378 g/mol. The highest BCUT2D eigenvalue weighted by Gasteiger charge is 2.36. The minimum absolute atomic E-state index is 0.214. The summed E-state index contributed by atoms with van der Waals surface area (Å²) in [5, 5.41) is 9.43. The number of carbonyl (C=O) groups is 1. The predicted octanol–water partition coefficient (Wildman–Crippen LogP) is 1.97. The lowest BCUT2D eigenvalue weighted by atomic mass is 10.0. The molecule has 4 heterocycles. The highest BCUT2D eigenvalue weighted by Crippen LogP contribution is 2.37. The van der Waals surface area contributed by atoms with E-state index in [4.69, 9.17) is 0 Å². The Morgan fingerprint density at radius 1 is 1.46 bits per heavy atom. The molecule has 1 saturated heterocycles. The Kier molecular flexibility index (Phi) is 4.49. The van der Waals surface area contributed by atoms with Gasteiger partial charge in [-0.1, -0.05) is 0 Å². The van der Waals surface area contributed by atoms with Gasteiger partial charge in [0.2, 0.25) is 6.41 Å². The molecule has 0 aromatic carbocycles. The van der Waals surface area contributed by atoms with Gasteiger partial charge >= 0.3 is 6.55 Å². The van der Waals surface area contributed by atoms with Crippen LogP contribution in [-0.4, -0.2) is 51.5 Å². The minimum Gasteiger partial charge on any atom is -0.358 e. The van der Waals surface area contributed by atoms with Crippen molar-refractivity contribution >= 4 is 29.2 Å². The minimum atomic E-state index is -2.67. The second kappa shape index (κ2) is 6.94. The van der Waals surface area contributed by atoms with Gasteiger partial charge in [0, 0.05) is 42.1 Å². The maximum absolute atomic E-state index is 12.9. The third-order valence-electron chi connectivity index (χ3n) is 4.47. The van der Waals surface area contributed by atoms with Crippen molar-refractivity contribution in [3.05, 3.63) is 40.2 Å². The van der Waals surface area contributed by atoms with Gasteiger partial charge in [0.05, 0.1) is 12.2 Å². The summed E-state index contributed by atoms with van der Waals surface area (Å²) in [6.07, 6.45) is 4.42. The summed E-state index contributed by atoms with van der Waals surface area (Å²) in [5.41, 5.74) is 2.37. The van der Waals surface area contributed by atoms with E-state index in [1.165, 1.54) is 17.5 Å². The van der Waals surface area contributed by atoms with Crippen LogP contribution in [0.2, 0.25) is 0 Å². The van der Waals surface area contributed by atoms with Crippen LogP contribution < -0.4 is 5.32 Å². The molecular weight excluding hydrogens is 362 g/mol. The van der Waals surface area contributed by atoms with Crippen LogP contribution in [0.1, 0.15) is 23.7 Å². The molecule has 2 aromatic heterocycles. The molecule has 1 fully saturated rings. The fraction of sp³-hybridized carbons (Fsp3) is 0.375. The number of halogens is 2. The van der Waals surface area contributed by atoms with Crippen molar-refractivity contribution in [1.82, 2.24) is 25.0 Å². The van der Waals surface area contributed by atoms with Crippen molar-refractivity contribution in [3.63, 3.8) is 0 Å². The molecule has 2 aliphatic heterocycles. The zero-order valence-electron chi connectivity index (χ0n) is 13.7. The first-order chi connectivity index (χ1) is 12.7. The molecule has 0 aliphatic carbocycles. The normalized spacial score (nSPS) is 19.7. The van der Waals surface area contributed by atoms with Gasteiger partial charge in [-0.05, 0) is 18.4 Å². The van der Waals surface area contributed by atoms with Crippen molar-refractivity contribution < 1.29 is 13.6 Å². The van der Waals surface area contributed by atoms with Gasteiger partial charge in [0.25, 0.3) is 0 Å². The number of amidine groups is 1. The molecule has 0 bridgehead atoms. The van der Waals surface area contributed by atoms with Crippen LogP contribution in [-0.2, 0) is 4.79 Å². The molecule has 4 rings (SSSR count). The fourth-order valence-electron chi connectivity index (χ4n) is 3.35. The van der Waals surface area contributed by atoms with Gasteiger partial charge in [-0.2, -0.15) is 13.9 Å². The van der Waals surface area contributed by atoms with E-state index < -0.39 is 6.55 Å². The van der Waals surface area contributed by atoms with Gasteiger partial charge in [-0.15, -0.1) is 11.3 Å². The molecule has 1 N–H and O–H groups in total. The number of hydrogen-bond acceptors (Lipinski definition) is 6. The molecule has 2 aliphatic rings. The van der Waals surface area contributed by atoms with Gasteiger partial charge in [0.15, 0.2) is 10.8 Å². The lowest BCUT2D eigenvalue weighted by Gasteiger charge is -2.27.